The van der Waals surface area contributed by atoms with Crippen LogP contribution < -0.4 is 10.6 Å². The quantitative estimate of drug-likeness (QED) is 0.331. The molecule has 0 aliphatic heterocycles. The fourth-order valence-corrected chi connectivity index (χ4v) is 5.48. The second-order valence-electron chi connectivity index (χ2n) is 10.8. The van der Waals surface area contributed by atoms with E-state index in [0.29, 0.717) is 25.3 Å². The Balaban J connectivity index is 1.78. The van der Waals surface area contributed by atoms with Gasteiger partial charge in [-0.05, 0) is 42.2 Å². The lowest BCUT2D eigenvalue weighted by molar-refractivity contribution is -0.394. The lowest BCUT2D eigenvalue weighted by Gasteiger charge is -2.47. The summed E-state index contributed by atoms with van der Waals surface area (Å²) < 4.78 is 0. The van der Waals surface area contributed by atoms with Crippen molar-refractivity contribution in [3.63, 3.8) is 0 Å². The van der Waals surface area contributed by atoms with Crippen LogP contribution in [0.25, 0.3) is 0 Å². The molecular formula is C24H26N6O10. The van der Waals surface area contributed by atoms with Crippen molar-refractivity contribution < 1.29 is 29.3 Å². The summed E-state index contributed by atoms with van der Waals surface area (Å²) >= 11 is 0. The average molecular weight is 559 g/mol. The van der Waals surface area contributed by atoms with Gasteiger partial charge in [0, 0.05) is 24.7 Å². The molecule has 1 saturated carbocycles. The molecule has 0 spiro atoms. The summed E-state index contributed by atoms with van der Waals surface area (Å²) in [5.74, 6) is -1.58. The van der Waals surface area contributed by atoms with Crippen LogP contribution in [0.2, 0.25) is 0 Å². The molecule has 2 atom stereocenters. The van der Waals surface area contributed by atoms with Gasteiger partial charge in [-0.15, -0.1) is 0 Å². The van der Waals surface area contributed by atoms with Crippen molar-refractivity contribution in [1.82, 2.24) is 10.6 Å². The van der Waals surface area contributed by atoms with Gasteiger partial charge in [0.15, 0.2) is 0 Å². The zero-order valence-electron chi connectivity index (χ0n) is 21.7. The Labute approximate surface area is 226 Å². The summed E-state index contributed by atoms with van der Waals surface area (Å²) in [6.07, 6.45) is 1.43. The van der Waals surface area contributed by atoms with Gasteiger partial charge in [-0.25, -0.2) is 0 Å². The van der Waals surface area contributed by atoms with Crippen LogP contribution in [-0.2, 0) is 0 Å². The van der Waals surface area contributed by atoms with E-state index in [1.54, 1.807) is 0 Å². The number of rotatable bonds is 9. The zero-order valence-corrected chi connectivity index (χ0v) is 21.7. The van der Waals surface area contributed by atoms with E-state index in [-0.39, 0.29) is 23.1 Å². The standard InChI is InChI=1S/C24H26N6O10/c1-23(2)10-14(26-22(32)18-7-5-16(28(35)36)9-20(18)30(39)40)11-24(3,12-23)13-25-21(31)17-6-4-15(27(33)34)8-19(17)29(37)38/h4-9,14H,10-13H2,1-3H3,(H,25,31)(H,26,32)/t14-,24+/m0/s1. The monoisotopic (exact) mass is 558 g/mol. The maximum atomic E-state index is 13.0. The Morgan fingerprint density at radius 3 is 1.70 bits per heavy atom. The minimum atomic E-state index is -0.879. The van der Waals surface area contributed by atoms with E-state index in [4.69, 9.17) is 0 Å². The third-order valence-corrected chi connectivity index (χ3v) is 6.72. The number of nitrogens with one attached hydrogen (secondary N) is 2. The van der Waals surface area contributed by atoms with Crippen LogP contribution in [0.4, 0.5) is 22.7 Å². The highest BCUT2D eigenvalue weighted by molar-refractivity contribution is 5.99. The molecule has 16 nitrogen and oxygen atoms in total. The molecule has 3 rings (SSSR count). The molecular weight excluding hydrogens is 532 g/mol. The Bertz CT molecular complexity index is 1420. The lowest BCUT2D eigenvalue weighted by Crippen LogP contribution is -2.50. The first-order chi connectivity index (χ1) is 18.5. The number of carbonyl (C=O) groups excluding carboxylic acids is 2. The number of non-ortho nitro benzene ring substituents is 2. The van der Waals surface area contributed by atoms with Crippen LogP contribution in [0, 0.1) is 51.3 Å². The van der Waals surface area contributed by atoms with E-state index < -0.39 is 65.7 Å². The minimum Gasteiger partial charge on any atom is -0.351 e. The largest absolute Gasteiger partial charge is 0.351 e. The van der Waals surface area contributed by atoms with Crippen molar-refractivity contribution in [1.29, 1.82) is 0 Å². The Morgan fingerprint density at radius 2 is 1.25 bits per heavy atom. The molecule has 40 heavy (non-hydrogen) atoms. The van der Waals surface area contributed by atoms with Crippen LogP contribution in [0.3, 0.4) is 0 Å². The second-order valence-corrected chi connectivity index (χ2v) is 10.8. The molecule has 0 radical (unpaired) electrons. The summed E-state index contributed by atoms with van der Waals surface area (Å²) in [6, 6.07) is 4.98. The molecule has 2 N–H and O–H groups in total. The number of benzene rings is 2. The molecule has 1 fully saturated rings. The van der Waals surface area contributed by atoms with Gasteiger partial charge in [-0.3, -0.25) is 50.0 Å². The third-order valence-electron chi connectivity index (χ3n) is 6.72. The fourth-order valence-electron chi connectivity index (χ4n) is 5.48. The van der Waals surface area contributed by atoms with E-state index in [1.165, 1.54) is 0 Å². The summed E-state index contributed by atoms with van der Waals surface area (Å²) in [5.41, 5.74) is -4.13. The number of amides is 2. The SMILES string of the molecule is CC1(C)C[C@H](NC(=O)c2ccc([N+](=O)[O-])cc2[N+](=O)[O-])C[C@@](C)(CNC(=O)c2ccc([N+](=O)[O-])cc2[N+](=O)[O-])C1. The first kappa shape index (κ1) is 29.5. The molecule has 0 aromatic heterocycles. The predicted octanol–water partition coefficient (Wildman–Crippen LogP) is 4.06. The van der Waals surface area contributed by atoms with Gasteiger partial charge in [-0.1, -0.05) is 20.8 Å². The topological polar surface area (TPSA) is 231 Å². The van der Waals surface area contributed by atoms with Crippen molar-refractivity contribution >= 4 is 34.6 Å². The lowest BCUT2D eigenvalue weighted by atomic mass is 9.62. The molecule has 0 bridgehead atoms. The van der Waals surface area contributed by atoms with Gasteiger partial charge >= 0.3 is 0 Å². The Kier molecular flexibility index (Phi) is 8.12. The van der Waals surface area contributed by atoms with Crippen molar-refractivity contribution in [3.05, 3.63) is 88.0 Å². The third kappa shape index (κ3) is 6.69. The molecule has 2 aromatic rings. The molecule has 0 unspecified atom stereocenters. The number of hydrogen-bond donors (Lipinski definition) is 2. The molecule has 0 saturated heterocycles. The first-order valence-electron chi connectivity index (χ1n) is 12.0. The van der Waals surface area contributed by atoms with E-state index in [2.05, 4.69) is 10.6 Å². The number of nitrogens with zero attached hydrogens (tertiary/aromatic N) is 4. The van der Waals surface area contributed by atoms with Gasteiger partial charge in [0.25, 0.3) is 34.6 Å². The second kappa shape index (κ2) is 11.0. The Morgan fingerprint density at radius 1 is 0.775 bits per heavy atom. The van der Waals surface area contributed by atoms with Crippen LogP contribution in [0.15, 0.2) is 36.4 Å². The molecule has 16 heteroatoms. The summed E-state index contributed by atoms with van der Waals surface area (Å²) in [6.45, 7) is 5.79. The number of nitro benzene ring substituents is 4. The normalized spacial score (nSPS) is 19.7. The van der Waals surface area contributed by atoms with Crippen molar-refractivity contribution in [2.45, 2.75) is 46.1 Å². The summed E-state index contributed by atoms with van der Waals surface area (Å²) in [5, 5.41) is 50.3. The van der Waals surface area contributed by atoms with E-state index in [9.17, 15) is 50.0 Å². The maximum absolute atomic E-state index is 13.0. The smallest absolute Gasteiger partial charge is 0.289 e. The zero-order chi connectivity index (χ0) is 30.0. The van der Waals surface area contributed by atoms with Gasteiger partial charge in [0.1, 0.15) is 11.1 Å². The van der Waals surface area contributed by atoms with Crippen LogP contribution in [0.5, 0.6) is 0 Å². The van der Waals surface area contributed by atoms with E-state index in [0.717, 1.165) is 30.3 Å². The highest BCUT2D eigenvalue weighted by Gasteiger charge is 2.42. The average Bonchev–Trinajstić information content (AvgIpc) is 2.85. The van der Waals surface area contributed by atoms with Crippen LogP contribution in [0.1, 0.15) is 60.7 Å². The minimum absolute atomic E-state index is 0.0491. The van der Waals surface area contributed by atoms with E-state index >= 15 is 0 Å². The van der Waals surface area contributed by atoms with Crippen LogP contribution in [-0.4, -0.2) is 44.1 Å². The molecule has 1 aliphatic rings. The van der Waals surface area contributed by atoms with Gasteiger partial charge in [0.05, 0.1) is 31.8 Å². The highest BCUT2D eigenvalue weighted by atomic mass is 16.6. The van der Waals surface area contributed by atoms with E-state index in [1.807, 2.05) is 20.8 Å². The fraction of sp³-hybridized carbons (Fsp3) is 0.417. The molecule has 1 aliphatic carbocycles. The number of nitro groups is 4. The summed E-state index contributed by atoms with van der Waals surface area (Å²) in [7, 11) is 0. The highest BCUT2D eigenvalue weighted by Crippen LogP contribution is 2.46. The van der Waals surface area contributed by atoms with Crippen molar-refractivity contribution in [2.24, 2.45) is 10.8 Å². The Hall–Kier alpha value is -5.02. The van der Waals surface area contributed by atoms with Gasteiger partial charge in [-0.2, -0.15) is 0 Å². The van der Waals surface area contributed by atoms with Crippen LogP contribution >= 0.6 is 0 Å². The van der Waals surface area contributed by atoms with Gasteiger partial charge < -0.3 is 10.6 Å². The maximum Gasteiger partial charge on any atom is 0.289 e. The molecule has 0 heterocycles. The molecule has 212 valence electrons. The number of hydrogen-bond acceptors (Lipinski definition) is 10. The van der Waals surface area contributed by atoms with Gasteiger partial charge in [0.2, 0.25) is 0 Å². The number of carbonyl (C=O) groups is 2. The van der Waals surface area contributed by atoms with Crippen molar-refractivity contribution in [3.8, 4) is 0 Å². The first-order valence-corrected chi connectivity index (χ1v) is 12.0. The molecule has 2 aromatic carbocycles. The van der Waals surface area contributed by atoms with Crippen molar-refractivity contribution in [2.75, 3.05) is 6.54 Å². The summed E-state index contributed by atoms with van der Waals surface area (Å²) in [4.78, 5) is 67.4. The predicted molar refractivity (Wildman–Crippen MR) is 139 cm³/mol. The molecule has 2 amide bonds.